The number of halogens is 2. The zero-order valence-electron chi connectivity index (χ0n) is 9.16. The molecule has 0 saturated carbocycles. The summed E-state index contributed by atoms with van der Waals surface area (Å²) in [6, 6.07) is 3.44. The average Bonchev–Trinajstić information content (AvgIpc) is 2.26. The normalized spacial score (nSPS) is 11.4. The summed E-state index contributed by atoms with van der Waals surface area (Å²) in [6.45, 7) is 2.32. The number of nitrogens with one attached hydrogen (secondary N) is 2. The number of rotatable bonds is 4. The van der Waals surface area contributed by atoms with Gasteiger partial charge in [0, 0.05) is 25.4 Å². The van der Waals surface area contributed by atoms with Crippen LogP contribution in [0.5, 0.6) is 0 Å². The van der Waals surface area contributed by atoms with Gasteiger partial charge in [-0.15, -0.1) is 12.4 Å². The van der Waals surface area contributed by atoms with Crippen LogP contribution in [0.3, 0.4) is 0 Å². The molecule has 0 aliphatic carbocycles. The molecule has 2 N–H and O–H groups in total. The van der Waals surface area contributed by atoms with Crippen LogP contribution in [0.25, 0.3) is 0 Å². The van der Waals surface area contributed by atoms with Crippen molar-refractivity contribution < 1.29 is 4.79 Å². The maximum absolute atomic E-state index is 11.2. The molecule has 0 spiro atoms. The number of likely N-dealkylation sites (N-methyl/N-ethyl adjacent to an activating group) is 1. The molecule has 0 aliphatic heterocycles. The van der Waals surface area contributed by atoms with E-state index in [0.29, 0.717) is 11.7 Å². The van der Waals surface area contributed by atoms with Gasteiger partial charge in [-0.2, -0.15) is 0 Å². The van der Waals surface area contributed by atoms with Crippen molar-refractivity contribution in [2.75, 3.05) is 7.05 Å². The van der Waals surface area contributed by atoms with Gasteiger partial charge in [-0.25, -0.2) is 4.98 Å². The van der Waals surface area contributed by atoms with E-state index in [2.05, 4.69) is 15.6 Å². The van der Waals surface area contributed by atoms with E-state index in [-0.39, 0.29) is 24.4 Å². The van der Waals surface area contributed by atoms with E-state index in [1.54, 1.807) is 20.2 Å². The number of carbonyl (C=O) groups excluding carboxylic acids is 1. The lowest BCUT2D eigenvalue weighted by Gasteiger charge is -2.12. The Bertz CT molecular complexity index is 347. The van der Waals surface area contributed by atoms with Crippen LogP contribution >= 0.6 is 24.0 Å². The summed E-state index contributed by atoms with van der Waals surface area (Å²) in [7, 11) is 1.61. The fraction of sp³-hybridized carbons (Fsp3) is 0.400. The van der Waals surface area contributed by atoms with Gasteiger partial charge < -0.3 is 10.6 Å². The van der Waals surface area contributed by atoms with Gasteiger partial charge in [0.25, 0.3) is 0 Å². The first-order valence-corrected chi connectivity index (χ1v) is 5.07. The molecule has 0 aromatic carbocycles. The van der Waals surface area contributed by atoms with Crippen molar-refractivity contribution >= 4 is 29.9 Å². The number of aromatic nitrogens is 1. The van der Waals surface area contributed by atoms with E-state index >= 15 is 0 Å². The summed E-state index contributed by atoms with van der Waals surface area (Å²) in [4.78, 5) is 15.1. The van der Waals surface area contributed by atoms with E-state index in [1.807, 2.05) is 12.1 Å². The Kier molecular flexibility index (Phi) is 7.05. The number of hydrogen-bond donors (Lipinski definition) is 2. The fourth-order valence-electron chi connectivity index (χ4n) is 1.12. The highest BCUT2D eigenvalue weighted by Gasteiger charge is 2.10. The van der Waals surface area contributed by atoms with E-state index < -0.39 is 0 Å². The smallest absolute Gasteiger partial charge is 0.236 e. The second-order valence-corrected chi connectivity index (χ2v) is 3.53. The largest absolute Gasteiger partial charge is 0.358 e. The van der Waals surface area contributed by atoms with E-state index in [0.717, 1.165) is 5.56 Å². The predicted molar refractivity (Wildman–Crippen MR) is 66.9 cm³/mol. The van der Waals surface area contributed by atoms with Crippen LogP contribution in [0.15, 0.2) is 18.3 Å². The molecule has 16 heavy (non-hydrogen) atoms. The van der Waals surface area contributed by atoms with Crippen molar-refractivity contribution in [3.63, 3.8) is 0 Å². The molecule has 90 valence electrons. The predicted octanol–water partition coefficient (Wildman–Crippen LogP) is 1.38. The maximum atomic E-state index is 11.2. The summed E-state index contributed by atoms with van der Waals surface area (Å²) in [5, 5.41) is 6.09. The highest BCUT2D eigenvalue weighted by Crippen LogP contribution is 2.10. The van der Waals surface area contributed by atoms with Crippen LogP contribution in [-0.2, 0) is 11.3 Å². The van der Waals surface area contributed by atoms with E-state index in [9.17, 15) is 4.79 Å². The summed E-state index contributed by atoms with van der Waals surface area (Å²) < 4.78 is 0. The van der Waals surface area contributed by atoms with Crippen LogP contribution in [0, 0.1) is 0 Å². The lowest BCUT2D eigenvalue weighted by atomic mass is 10.2. The summed E-state index contributed by atoms with van der Waals surface area (Å²) in [5.41, 5.74) is 0.884. The van der Waals surface area contributed by atoms with Gasteiger partial charge >= 0.3 is 0 Å². The maximum Gasteiger partial charge on any atom is 0.236 e. The quantitative estimate of drug-likeness (QED) is 0.808. The van der Waals surface area contributed by atoms with Crippen molar-refractivity contribution in [2.24, 2.45) is 0 Å². The van der Waals surface area contributed by atoms with Crippen molar-refractivity contribution in [3.8, 4) is 0 Å². The van der Waals surface area contributed by atoms with Crippen LogP contribution in [0.1, 0.15) is 12.5 Å². The van der Waals surface area contributed by atoms with Gasteiger partial charge in [0.15, 0.2) is 0 Å². The molecule has 0 fully saturated rings. The van der Waals surface area contributed by atoms with Gasteiger partial charge in [-0.1, -0.05) is 17.7 Å². The third-order valence-electron chi connectivity index (χ3n) is 2.07. The number of carbonyl (C=O) groups is 1. The Labute approximate surface area is 106 Å². The molecule has 1 aromatic heterocycles. The van der Waals surface area contributed by atoms with Crippen LogP contribution in [-0.4, -0.2) is 24.0 Å². The Morgan fingerprint density at radius 3 is 2.88 bits per heavy atom. The van der Waals surface area contributed by atoms with Crippen LogP contribution in [0.4, 0.5) is 0 Å². The third-order valence-corrected chi connectivity index (χ3v) is 2.42. The Hall–Kier alpha value is -0.840. The second kappa shape index (κ2) is 7.44. The lowest BCUT2D eigenvalue weighted by Crippen LogP contribution is -2.40. The second-order valence-electron chi connectivity index (χ2n) is 3.17. The van der Waals surface area contributed by atoms with E-state index in [4.69, 9.17) is 11.6 Å². The zero-order valence-corrected chi connectivity index (χ0v) is 10.7. The Balaban J connectivity index is 0.00000225. The minimum absolute atomic E-state index is 0. The van der Waals surface area contributed by atoms with E-state index in [1.165, 1.54) is 0 Å². The standard InChI is InChI=1S/C10H14ClN3O.ClH/c1-7(10(15)12-2)14-6-8-4-3-5-13-9(8)11;/h3-5,7,14H,6H2,1-2H3,(H,12,15);1H/t7-;/m1./s1. The van der Waals surface area contributed by atoms with Crippen molar-refractivity contribution in [1.82, 2.24) is 15.6 Å². The van der Waals surface area contributed by atoms with Gasteiger partial charge in [0.2, 0.25) is 5.91 Å². The minimum Gasteiger partial charge on any atom is -0.358 e. The highest BCUT2D eigenvalue weighted by atomic mass is 35.5. The molecule has 1 amide bonds. The molecule has 1 atom stereocenters. The SMILES string of the molecule is CNC(=O)[C@@H](C)NCc1cccnc1Cl.Cl. The average molecular weight is 264 g/mol. The van der Waals surface area contributed by atoms with Gasteiger partial charge in [0.1, 0.15) is 5.15 Å². The molecule has 0 unspecified atom stereocenters. The molecular formula is C10H15Cl2N3O. The molecule has 0 saturated heterocycles. The molecular weight excluding hydrogens is 249 g/mol. The lowest BCUT2D eigenvalue weighted by molar-refractivity contribution is -0.122. The number of hydrogen-bond acceptors (Lipinski definition) is 3. The summed E-state index contributed by atoms with van der Waals surface area (Å²) in [5.74, 6) is -0.0463. The number of amides is 1. The minimum atomic E-state index is -0.244. The topological polar surface area (TPSA) is 54.0 Å². The van der Waals surface area contributed by atoms with Crippen molar-refractivity contribution in [3.05, 3.63) is 29.0 Å². The van der Waals surface area contributed by atoms with Gasteiger partial charge in [-0.05, 0) is 13.0 Å². The molecule has 0 bridgehead atoms. The molecule has 0 radical (unpaired) electrons. The monoisotopic (exact) mass is 263 g/mol. The molecule has 6 heteroatoms. The van der Waals surface area contributed by atoms with Crippen molar-refractivity contribution in [2.45, 2.75) is 19.5 Å². The van der Waals surface area contributed by atoms with Crippen LogP contribution in [0.2, 0.25) is 5.15 Å². The third kappa shape index (κ3) is 4.35. The van der Waals surface area contributed by atoms with Gasteiger partial charge in [-0.3, -0.25) is 4.79 Å². The molecule has 1 heterocycles. The molecule has 1 rings (SSSR count). The summed E-state index contributed by atoms with van der Waals surface area (Å²) >= 11 is 5.87. The highest BCUT2D eigenvalue weighted by molar-refractivity contribution is 6.30. The fourth-order valence-corrected chi connectivity index (χ4v) is 1.31. The number of pyridine rings is 1. The first kappa shape index (κ1) is 15.2. The van der Waals surface area contributed by atoms with Crippen molar-refractivity contribution in [1.29, 1.82) is 0 Å². The first-order chi connectivity index (χ1) is 7.15. The number of nitrogens with zero attached hydrogens (tertiary/aromatic N) is 1. The molecule has 4 nitrogen and oxygen atoms in total. The van der Waals surface area contributed by atoms with Gasteiger partial charge in [0.05, 0.1) is 6.04 Å². The van der Waals surface area contributed by atoms with Crippen LogP contribution < -0.4 is 10.6 Å². The zero-order chi connectivity index (χ0) is 11.3. The molecule has 0 aliphatic rings. The molecule has 1 aromatic rings. The Morgan fingerprint density at radius 1 is 1.62 bits per heavy atom. The Morgan fingerprint density at radius 2 is 2.31 bits per heavy atom. The first-order valence-electron chi connectivity index (χ1n) is 4.69. The summed E-state index contributed by atoms with van der Waals surface area (Å²) in [6.07, 6.45) is 1.63.